The Morgan fingerprint density at radius 2 is 2.11 bits per heavy atom. The second-order valence-corrected chi connectivity index (χ2v) is 6.88. The topological polar surface area (TPSA) is 83.6 Å². The van der Waals surface area contributed by atoms with E-state index in [2.05, 4.69) is 5.32 Å². The molecular formula is C10H17ClN2O4S. The van der Waals surface area contributed by atoms with E-state index in [1.54, 1.807) is 0 Å². The molecule has 0 aromatic rings. The maximum Gasteiger partial charge on any atom is 0.311 e. The van der Waals surface area contributed by atoms with E-state index in [4.69, 9.17) is 11.6 Å². The zero-order valence-electron chi connectivity index (χ0n) is 10.2. The van der Waals surface area contributed by atoms with Gasteiger partial charge in [0.1, 0.15) is 0 Å². The van der Waals surface area contributed by atoms with E-state index in [0.717, 1.165) is 0 Å². The molecule has 18 heavy (non-hydrogen) atoms. The van der Waals surface area contributed by atoms with Crippen LogP contribution in [-0.2, 0) is 19.4 Å². The summed E-state index contributed by atoms with van der Waals surface area (Å²) in [6, 6.07) is -0.402. The van der Waals surface area contributed by atoms with Crippen LogP contribution in [0.4, 0.5) is 0 Å². The summed E-state index contributed by atoms with van der Waals surface area (Å²) < 4.78 is 22.6. The van der Waals surface area contributed by atoms with Gasteiger partial charge < -0.3 is 10.2 Å². The molecule has 0 aromatic heterocycles. The number of sulfone groups is 1. The molecule has 0 aliphatic carbocycles. The molecule has 1 unspecified atom stereocenters. The first-order valence-corrected chi connectivity index (χ1v) is 8.04. The van der Waals surface area contributed by atoms with Crippen LogP contribution in [0, 0.1) is 0 Å². The van der Waals surface area contributed by atoms with Gasteiger partial charge in [0.2, 0.25) is 0 Å². The Bertz CT molecular complexity index is 424. The fourth-order valence-corrected chi connectivity index (χ4v) is 3.66. The molecule has 8 heteroatoms. The predicted molar refractivity (Wildman–Crippen MR) is 68.2 cm³/mol. The number of rotatable bonds is 4. The molecule has 1 N–H and O–H groups in total. The number of carbonyl (C=O) groups is 2. The fraction of sp³-hybridized carbons (Fsp3) is 0.800. The van der Waals surface area contributed by atoms with Gasteiger partial charge in [-0.15, -0.1) is 11.6 Å². The number of carbonyl (C=O) groups excluding carboxylic acids is 2. The molecule has 0 saturated carbocycles. The number of alkyl halides is 1. The van der Waals surface area contributed by atoms with Gasteiger partial charge in [-0.1, -0.05) is 0 Å². The predicted octanol–water partition coefficient (Wildman–Crippen LogP) is -0.623. The molecule has 0 aromatic carbocycles. The van der Waals surface area contributed by atoms with E-state index in [0.29, 0.717) is 25.3 Å². The first-order chi connectivity index (χ1) is 8.37. The van der Waals surface area contributed by atoms with Crippen molar-refractivity contribution in [3.05, 3.63) is 0 Å². The minimum Gasteiger partial charge on any atom is -0.348 e. The second-order valence-electron chi connectivity index (χ2n) is 4.27. The Balaban J connectivity index is 2.49. The van der Waals surface area contributed by atoms with Crippen molar-refractivity contribution < 1.29 is 18.0 Å². The van der Waals surface area contributed by atoms with E-state index in [1.165, 1.54) is 11.9 Å². The minimum absolute atomic E-state index is 0.0653. The highest BCUT2D eigenvalue weighted by Crippen LogP contribution is 2.16. The average molecular weight is 297 g/mol. The van der Waals surface area contributed by atoms with Crippen molar-refractivity contribution in [3.8, 4) is 0 Å². The third-order valence-corrected chi connectivity index (χ3v) is 4.88. The lowest BCUT2D eigenvalue weighted by Gasteiger charge is -2.22. The molecule has 1 fully saturated rings. The lowest BCUT2D eigenvalue weighted by Crippen LogP contribution is -2.46. The number of nitrogens with zero attached hydrogens (tertiary/aromatic N) is 1. The number of nitrogens with one attached hydrogen (secondary N) is 1. The molecule has 0 bridgehead atoms. The van der Waals surface area contributed by atoms with Gasteiger partial charge in [-0.3, -0.25) is 9.59 Å². The van der Waals surface area contributed by atoms with Gasteiger partial charge in [-0.05, 0) is 12.8 Å². The van der Waals surface area contributed by atoms with Crippen LogP contribution in [0.15, 0.2) is 0 Å². The van der Waals surface area contributed by atoms with Crippen LogP contribution in [0.5, 0.6) is 0 Å². The highest BCUT2D eigenvalue weighted by molar-refractivity contribution is 7.91. The summed E-state index contributed by atoms with van der Waals surface area (Å²) in [5, 5.41) is 2.44. The van der Waals surface area contributed by atoms with E-state index in [-0.39, 0.29) is 11.5 Å². The van der Waals surface area contributed by atoms with E-state index in [1.807, 2.05) is 0 Å². The summed E-state index contributed by atoms with van der Waals surface area (Å²) in [5.41, 5.74) is 0. The zero-order chi connectivity index (χ0) is 13.8. The molecule has 1 atom stereocenters. The Labute approximate surface area is 112 Å². The SMILES string of the molecule is CN(C(=O)C(=O)NCCCCl)C1CCS(=O)(=O)C1. The lowest BCUT2D eigenvalue weighted by atomic mass is 10.2. The van der Waals surface area contributed by atoms with Crippen LogP contribution in [0.1, 0.15) is 12.8 Å². The molecule has 2 amide bonds. The Morgan fingerprint density at radius 1 is 1.44 bits per heavy atom. The first kappa shape index (κ1) is 15.2. The summed E-state index contributed by atoms with van der Waals surface area (Å²) >= 11 is 5.45. The molecule has 1 rings (SSSR count). The average Bonchev–Trinajstić information content (AvgIpc) is 2.68. The van der Waals surface area contributed by atoms with E-state index >= 15 is 0 Å². The van der Waals surface area contributed by atoms with Crippen LogP contribution in [0.2, 0.25) is 0 Å². The van der Waals surface area contributed by atoms with Gasteiger partial charge in [-0.25, -0.2) is 8.42 Å². The van der Waals surface area contributed by atoms with Crippen molar-refractivity contribution in [2.45, 2.75) is 18.9 Å². The molecule has 1 aliphatic rings. The van der Waals surface area contributed by atoms with Gasteiger partial charge in [0.15, 0.2) is 9.84 Å². The highest BCUT2D eigenvalue weighted by Gasteiger charge is 2.34. The van der Waals surface area contributed by atoms with Gasteiger partial charge >= 0.3 is 11.8 Å². The summed E-state index contributed by atoms with van der Waals surface area (Å²) in [6.07, 6.45) is 0.974. The summed E-state index contributed by atoms with van der Waals surface area (Å²) in [4.78, 5) is 24.4. The first-order valence-electron chi connectivity index (χ1n) is 5.69. The number of hydrogen-bond donors (Lipinski definition) is 1. The highest BCUT2D eigenvalue weighted by atomic mass is 35.5. The summed E-state index contributed by atoms with van der Waals surface area (Å²) in [5.74, 6) is -1.00. The maximum atomic E-state index is 11.7. The van der Waals surface area contributed by atoms with Gasteiger partial charge in [0.25, 0.3) is 0 Å². The quantitative estimate of drug-likeness (QED) is 0.426. The Kier molecular flexibility index (Phi) is 5.40. The molecule has 6 nitrogen and oxygen atoms in total. The van der Waals surface area contributed by atoms with E-state index in [9.17, 15) is 18.0 Å². The van der Waals surface area contributed by atoms with Crippen LogP contribution in [0.25, 0.3) is 0 Å². The second kappa shape index (κ2) is 6.38. The van der Waals surface area contributed by atoms with Crippen molar-refractivity contribution in [2.75, 3.05) is 31.0 Å². The molecule has 104 valence electrons. The number of halogens is 1. The zero-order valence-corrected chi connectivity index (χ0v) is 11.8. The van der Waals surface area contributed by atoms with Crippen molar-refractivity contribution >= 4 is 33.3 Å². The van der Waals surface area contributed by atoms with Crippen molar-refractivity contribution in [1.82, 2.24) is 10.2 Å². The van der Waals surface area contributed by atoms with Crippen molar-refractivity contribution in [2.24, 2.45) is 0 Å². The van der Waals surface area contributed by atoms with Crippen molar-refractivity contribution in [3.63, 3.8) is 0 Å². The third kappa shape index (κ3) is 4.13. The van der Waals surface area contributed by atoms with Crippen LogP contribution >= 0.6 is 11.6 Å². The van der Waals surface area contributed by atoms with Gasteiger partial charge in [0, 0.05) is 25.5 Å². The van der Waals surface area contributed by atoms with Crippen LogP contribution < -0.4 is 5.32 Å². The molecule has 0 spiro atoms. The standard InChI is InChI=1S/C10H17ClN2O4S/c1-13(8-3-6-18(16,17)7-8)10(15)9(14)12-5-2-4-11/h8H,2-7H2,1H3,(H,12,14). The number of amides is 2. The van der Waals surface area contributed by atoms with Crippen LogP contribution in [-0.4, -0.2) is 62.2 Å². The largest absolute Gasteiger partial charge is 0.348 e. The Morgan fingerprint density at radius 3 is 2.61 bits per heavy atom. The molecule has 1 saturated heterocycles. The van der Waals surface area contributed by atoms with Crippen LogP contribution in [0.3, 0.4) is 0 Å². The molecule has 1 aliphatic heterocycles. The monoisotopic (exact) mass is 296 g/mol. The molecule has 0 radical (unpaired) electrons. The summed E-state index contributed by atoms with van der Waals surface area (Å²) in [7, 11) is -1.61. The number of likely N-dealkylation sites (N-methyl/N-ethyl adjacent to an activating group) is 1. The van der Waals surface area contributed by atoms with E-state index < -0.39 is 27.7 Å². The van der Waals surface area contributed by atoms with Gasteiger partial charge in [0.05, 0.1) is 11.5 Å². The normalized spacial score (nSPS) is 21.6. The Hall–Kier alpha value is -0.820. The molecule has 1 heterocycles. The minimum atomic E-state index is -3.06. The van der Waals surface area contributed by atoms with Crippen molar-refractivity contribution in [1.29, 1.82) is 0 Å². The van der Waals surface area contributed by atoms with Gasteiger partial charge in [-0.2, -0.15) is 0 Å². The number of hydrogen-bond acceptors (Lipinski definition) is 4. The third-order valence-electron chi connectivity index (χ3n) is 2.87. The maximum absolute atomic E-state index is 11.7. The summed E-state index contributed by atoms with van der Waals surface area (Å²) in [6.45, 7) is 0.338. The fourth-order valence-electron chi connectivity index (χ4n) is 1.75. The lowest BCUT2D eigenvalue weighted by molar-refractivity contribution is -0.146. The molecular weight excluding hydrogens is 280 g/mol. The smallest absolute Gasteiger partial charge is 0.311 e.